The number of pyridine rings is 1. The largest absolute Gasteiger partial charge is 0.496 e. The predicted octanol–water partition coefficient (Wildman–Crippen LogP) is 2.61. The number of rotatable bonds is 8. The molecule has 0 amide bonds. The fraction of sp³-hybridized carbons (Fsp3) is 0.333. The summed E-state index contributed by atoms with van der Waals surface area (Å²) in [4.78, 5) is 17.8. The Morgan fingerprint density at radius 3 is 2.67 bits per heavy atom. The Labute approximate surface area is 141 Å². The van der Waals surface area contributed by atoms with E-state index in [4.69, 9.17) is 9.47 Å². The molecule has 0 aliphatic carbocycles. The van der Waals surface area contributed by atoms with Gasteiger partial charge in [-0.05, 0) is 36.9 Å². The Morgan fingerprint density at radius 1 is 1.29 bits per heavy atom. The van der Waals surface area contributed by atoms with E-state index in [0.717, 1.165) is 11.3 Å². The molecule has 2 aromatic rings. The maximum Gasteiger partial charge on any atom is 0.339 e. The van der Waals surface area contributed by atoms with Gasteiger partial charge < -0.3 is 14.6 Å². The standard InChI is InChI=1S/C18H22N2O4/c1-20(16(12-23-2)15-6-4-5-9-19-15)11-13-7-8-17(24-3)14(10-13)18(21)22/h4-10,16H,11-12H2,1-3H3,(H,21,22). The fourth-order valence-electron chi connectivity index (χ4n) is 2.59. The summed E-state index contributed by atoms with van der Waals surface area (Å²) in [5.74, 6) is -0.651. The molecule has 1 atom stereocenters. The highest BCUT2D eigenvalue weighted by Gasteiger charge is 2.19. The highest BCUT2D eigenvalue weighted by Crippen LogP contribution is 2.24. The topological polar surface area (TPSA) is 71.9 Å². The fourth-order valence-corrected chi connectivity index (χ4v) is 2.59. The first-order chi connectivity index (χ1) is 11.6. The van der Waals surface area contributed by atoms with Gasteiger partial charge in [0.05, 0.1) is 25.5 Å². The zero-order valence-electron chi connectivity index (χ0n) is 14.1. The van der Waals surface area contributed by atoms with Gasteiger partial charge in [-0.3, -0.25) is 9.88 Å². The highest BCUT2D eigenvalue weighted by atomic mass is 16.5. The second-order valence-electron chi connectivity index (χ2n) is 5.48. The Kier molecular flexibility index (Phi) is 6.28. The molecule has 1 N–H and O–H groups in total. The van der Waals surface area contributed by atoms with Gasteiger partial charge in [-0.1, -0.05) is 12.1 Å². The van der Waals surface area contributed by atoms with Crippen LogP contribution >= 0.6 is 0 Å². The van der Waals surface area contributed by atoms with Crippen molar-refractivity contribution < 1.29 is 19.4 Å². The van der Waals surface area contributed by atoms with E-state index in [1.54, 1.807) is 25.4 Å². The molecular weight excluding hydrogens is 308 g/mol. The van der Waals surface area contributed by atoms with Crippen LogP contribution in [0.15, 0.2) is 42.6 Å². The van der Waals surface area contributed by atoms with Gasteiger partial charge in [0.1, 0.15) is 11.3 Å². The summed E-state index contributed by atoms with van der Waals surface area (Å²) in [6, 6.07) is 10.9. The first-order valence-electron chi connectivity index (χ1n) is 7.57. The van der Waals surface area contributed by atoms with Gasteiger partial charge in [-0.2, -0.15) is 0 Å². The molecule has 0 aliphatic rings. The van der Waals surface area contributed by atoms with Crippen LogP contribution in [0.25, 0.3) is 0 Å². The first-order valence-corrected chi connectivity index (χ1v) is 7.57. The molecular formula is C18H22N2O4. The predicted molar refractivity (Wildman–Crippen MR) is 90.3 cm³/mol. The maximum atomic E-state index is 11.4. The van der Waals surface area contributed by atoms with Crippen molar-refractivity contribution in [1.82, 2.24) is 9.88 Å². The number of nitrogens with zero attached hydrogens (tertiary/aromatic N) is 2. The molecule has 0 saturated heterocycles. The molecule has 6 heteroatoms. The molecule has 2 rings (SSSR count). The Bertz CT molecular complexity index is 676. The van der Waals surface area contributed by atoms with Gasteiger partial charge in [0, 0.05) is 19.9 Å². The zero-order valence-corrected chi connectivity index (χ0v) is 14.1. The molecule has 0 saturated carbocycles. The lowest BCUT2D eigenvalue weighted by Gasteiger charge is -2.27. The van der Waals surface area contributed by atoms with E-state index < -0.39 is 5.97 Å². The summed E-state index contributed by atoms with van der Waals surface area (Å²) in [5, 5.41) is 9.30. The van der Waals surface area contributed by atoms with Crippen molar-refractivity contribution in [1.29, 1.82) is 0 Å². The summed E-state index contributed by atoms with van der Waals surface area (Å²) in [5.41, 5.74) is 1.95. The summed E-state index contributed by atoms with van der Waals surface area (Å²) >= 11 is 0. The average Bonchev–Trinajstić information content (AvgIpc) is 2.60. The number of likely N-dealkylation sites (N-methyl/N-ethyl adjacent to an activating group) is 1. The molecule has 1 heterocycles. The second kappa shape index (κ2) is 8.42. The minimum atomic E-state index is -1.01. The van der Waals surface area contributed by atoms with Gasteiger partial charge in [0.2, 0.25) is 0 Å². The molecule has 0 bridgehead atoms. The Hall–Kier alpha value is -2.44. The van der Waals surface area contributed by atoms with Crippen molar-refractivity contribution in [3.63, 3.8) is 0 Å². The van der Waals surface area contributed by atoms with Crippen molar-refractivity contribution in [2.75, 3.05) is 27.9 Å². The van der Waals surface area contributed by atoms with Crippen LogP contribution in [0, 0.1) is 0 Å². The van der Waals surface area contributed by atoms with E-state index in [-0.39, 0.29) is 11.6 Å². The van der Waals surface area contributed by atoms with Crippen LogP contribution < -0.4 is 4.74 Å². The van der Waals surface area contributed by atoms with E-state index in [1.165, 1.54) is 7.11 Å². The van der Waals surface area contributed by atoms with Gasteiger partial charge in [0.15, 0.2) is 0 Å². The van der Waals surface area contributed by atoms with Gasteiger partial charge in [-0.25, -0.2) is 4.79 Å². The molecule has 24 heavy (non-hydrogen) atoms. The summed E-state index contributed by atoms with van der Waals surface area (Å²) in [7, 11) is 5.08. The first kappa shape index (κ1) is 17.9. The molecule has 0 radical (unpaired) electrons. The molecule has 0 aliphatic heterocycles. The van der Waals surface area contributed by atoms with Crippen LogP contribution in [0.3, 0.4) is 0 Å². The molecule has 0 spiro atoms. The zero-order chi connectivity index (χ0) is 17.5. The second-order valence-corrected chi connectivity index (χ2v) is 5.48. The minimum Gasteiger partial charge on any atom is -0.496 e. The summed E-state index contributed by atoms with van der Waals surface area (Å²) in [6.07, 6.45) is 1.75. The summed E-state index contributed by atoms with van der Waals surface area (Å²) < 4.78 is 10.4. The number of carbonyl (C=O) groups is 1. The number of ether oxygens (including phenoxy) is 2. The van der Waals surface area contributed by atoms with Gasteiger partial charge >= 0.3 is 5.97 Å². The van der Waals surface area contributed by atoms with Crippen LogP contribution in [-0.4, -0.2) is 48.8 Å². The lowest BCUT2D eigenvalue weighted by Crippen LogP contribution is -2.28. The number of hydrogen-bond donors (Lipinski definition) is 1. The number of aromatic carboxylic acids is 1. The monoisotopic (exact) mass is 330 g/mol. The van der Waals surface area contributed by atoms with E-state index in [9.17, 15) is 9.90 Å². The molecule has 1 aromatic carbocycles. The van der Waals surface area contributed by atoms with Gasteiger partial charge in [-0.15, -0.1) is 0 Å². The normalized spacial score (nSPS) is 12.2. The van der Waals surface area contributed by atoms with Crippen LogP contribution in [0.2, 0.25) is 0 Å². The lowest BCUT2D eigenvalue weighted by atomic mass is 10.1. The molecule has 128 valence electrons. The van der Waals surface area contributed by atoms with Crippen LogP contribution in [-0.2, 0) is 11.3 Å². The van der Waals surface area contributed by atoms with Crippen molar-refractivity contribution in [2.24, 2.45) is 0 Å². The Balaban J connectivity index is 2.22. The molecule has 1 aromatic heterocycles. The number of carboxylic acid groups (broad SMARTS) is 1. The minimum absolute atomic E-state index is 0.0217. The van der Waals surface area contributed by atoms with Crippen LogP contribution in [0.5, 0.6) is 5.75 Å². The number of benzene rings is 1. The Morgan fingerprint density at radius 2 is 2.08 bits per heavy atom. The third-order valence-corrected chi connectivity index (χ3v) is 3.81. The quantitative estimate of drug-likeness (QED) is 0.802. The third kappa shape index (κ3) is 4.31. The highest BCUT2D eigenvalue weighted by molar-refractivity contribution is 5.91. The average molecular weight is 330 g/mol. The van der Waals surface area contributed by atoms with Gasteiger partial charge in [0.25, 0.3) is 0 Å². The molecule has 0 fully saturated rings. The van der Waals surface area contributed by atoms with E-state index in [0.29, 0.717) is 18.9 Å². The molecule has 6 nitrogen and oxygen atoms in total. The number of aromatic nitrogens is 1. The number of methoxy groups -OCH3 is 2. The smallest absolute Gasteiger partial charge is 0.339 e. The van der Waals surface area contributed by atoms with Crippen molar-refractivity contribution in [3.8, 4) is 5.75 Å². The van der Waals surface area contributed by atoms with Crippen LogP contribution in [0.1, 0.15) is 27.7 Å². The van der Waals surface area contributed by atoms with E-state index in [2.05, 4.69) is 9.88 Å². The molecule has 1 unspecified atom stereocenters. The lowest BCUT2D eigenvalue weighted by molar-refractivity contribution is 0.0692. The number of carboxylic acids is 1. The maximum absolute atomic E-state index is 11.4. The van der Waals surface area contributed by atoms with E-state index >= 15 is 0 Å². The SMILES string of the molecule is COCC(c1ccccn1)N(C)Cc1ccc(OC)c(C(=O)O)c1. The van der Waals surface area contributed by atoms with Crippen LogP contribution in [0.4, 0.5) is 0 Å². The van der Waals surface area contributed by atoms with Crippen molar-refractivity contribution in [2.45, 2.75) is 12.6 Å². The van der Waals surface area contributed by atoms with Crippen molar-refractivity contribution >= 4 is 5.97 Å². The number of hydrogen-bond acceptors (Lipinski definition) is 5. The van der Waals surface area contributed by atoms with E-state index in [1.807, 2.05) is 31.3 Å². The third-order valence-electron chi connectivity index (χ3n) is 3.81. The summed E-state index contributed by atoms with van der Waals surface area (Å²) in [6.45, 7) is 1.06. The van der Waals surface area contributed by atoms with Crippen molar-refractivity contribution in [3.05, 3.63) is 59.4 Å².